The number of hydrogen-bond acceptors (Lipinski definition) is 4. The molecule has 1 unspecified atom stereocenters. The number of piperidine rings is 1. The summed E-state index contributed by atoms with van der Waals surface area (Å²) in [4.78, 5) is 13.3. The molecule has 92 valence electrons. The molecule has 1 saturated heterocycles. The van der Waals surface area contributed by atoms with Gasteiger partial charge in [0.05, 0.1) is 0 Å². The first-order valence-electron chi connectivity index (χ1n) is 5.82. The Hall–Kier alpha value is -0.870. The summed E-state index contributed by atoms with van der Waals surface area (Å²) in [7, 11) is 0. The summed E-state index contributed by atoms with van der Waals surface area (Å²) in [6, 6.07) is 0. The maximum Gasteiger partial charge on any atom is 0.333 e. The van der Waals surface area contributed by atoms with Crippen molar-refractivity contribution in [1.29, 1.82) is 0 Å². The van der Waals surface area contributed by atoms with E-state index in [1.807, 2.05) is 0 Å². The monoisotopic (exact) mass is 227 g/mol. The largest absolute Gasteiger partial charge is 0.460 e. The van der Waals surface area contributed by atoms with Crippen LogP contribution in [0.2, 0.25) is 0 Å². The minimum Gasteiger partial charge on any atom is -0.460 e. The van der Waals surface area contributed by atoms with Crippen LogP contribution in [0.15, 0.2) is 12.2 Å². The van der Waals surface area contributed by atoms with Gasteiger partial charge in [0.25, 0.3) is 0 Å². The van der Waals surface area contributed by atoms with Gasteiger partial charge in [0.1, 0.15) is 12.7 Å². The summed E-state index contributed by atoms with van der Waals surface area (Å²) in [5, 5.41) is 9.68. The van der Waals surface area contributed by atoms with Crippen molar-refractivity contribution in [1.82, 2.24) is 4.90 Å². The number of carbonyl (C=O) groups excluding carboxylic acids is 1. The highest BCUT2D eigenvalue weighted by atomic mass is 16.5. The van der Waals surface area contributed by atoms with Crippen LogP contribution in [0, 0.1) is 0 Å². The zero-order valence-electron chi connectivity index (χ0n) is 9.95. The number of carbonyl (C=O) groups is 1. The lowest BCUT2D eigenvalue weighted by Crippen LogP contribution is -2.38. The van der Waals surface area contributed by atoms with E-state index >= 15 is 0 Å². The minimum atomic E-state index is -0.596. The number of esters is 1. The van der Waals surface area contributed by atoms with Gasteiger partial charge in [0, 0.05) is 12.1 Å². The van der Waals surface area contributed by atoms with E-state index in [-0.39, 0.29) is 6.61 Å². The van der Waals surface area contributed by atoms with E-state index < -0.39 is 12.1 Å². The molecule has 1 aliphatic heterocycles. The first-order valence-corrected chi connectivity index (χ1v) is 5.82. The Kier molecular flexibility index (Phi) is 5.49. The van der Waals surface area contributed by atoms with E-state index in [1.165, 1.54) is 19.3 Å². The predicted molar refractivity (Wildman–Crippen MR) is 62.1 cm³/mol. The van der Waals surface area contributed by atoms with Crippen LogP contribution in [0.3, 0.4) is 0 Å². The number of likely N-dealkylation sites (tertiary alicyclic amines) is 1. The second-order valence-electron chi connectivity index (χ2n) is 4.39. The van der Waals surface area contributed by atoms with Gasteiger partial charge in [0.15, 0.2) is 0 Å². The molecule has 0 aromatic rings. The van der Waals surface area contributed by atoms with Gasteiger partial charge >= 0.3 is 5.97 Å². The molecule has 1 fully saturated rings. The molecule has 0 aromatic carbocycles. The van der Waals surface area contributed by atoms with E-state index in [4.69, 9.17) is 4.74 Å². The summed E-state index contributed by atoms with van der Waals surface area (Å²) in [5.41, 5.74) is 0.366. The normalized spacial score (nSPS) is 19.1. The van der Waals surface area contributed by atoms with Crippen molar-refractivity contribution >= 4 is 5.97 Å². The van der Waals surface area contributed by atoms with Crippen molar-refractivity contribution in [2.45, 2.75) is 32.3 Å². The molecule has 0 aromatic heterocycles. The Morgan fingerprint density at radius 3 is 2.62 bits per heavy atom. The molecule has 1 N–H and O–H groups in total. The SMILES string of the molecule is C=C(C)C(=O)OCC(O)CN1CCCCC1. The van der Waals surface area contributed by atoms with Crippen molar-refractivity contribution in [2.24, 2.45) is 0 Å². The van der Waals surface area contributed by atoms with E-state index in [0.717, 1.165) is 13.1 Å². The first-order chi connectivity index (χ1) is 7.59. The molecule has 0 bridgehead atoms. The molecule has 0 amide bonds. The van der Waals surface area contributed by atoms with Crippen LogP contribution in [0.4, 0.5) is 0 Å². The minimum absolute atomic E-state index is 0.0577. The maximum absolute atomic E-state index is 11.1. The van der Waals surface area contributed by atoms with E-state index in [0.29, 0.717) is 12.1 Å². The van der Waals surface area contributed by atoms with Gasteiger partial charge in [0.2, 0.25) is 0 Å². The average Bonchev–Trinajstić information content (AvgIpc) is 2.27. The van der Waals surface area contributed by atoms with Gasteiger partial charge in [-0.1, -0.05) is 13.0 Å². The maximum atomic E-state index is 11.1. The van der Waals surface area contributed by atoms with Crippen molar-refractivity contribution in [3.05, 3.63) is 12.2 Å². The van der Waals surface area contributed by atoms with Gasteiger partial charge in [-0.3, -0.25) is 0 Å². The Morgan fingerprint density at radius 1 is 1.44 bits per heavy atom. The highest BCUT2D eigenvalue weighted by Crippen LogP contribution is 2.09. The van der Waals surface area contributed by atoms with Crippen LogP contribution >= 0.6 is 0 Å². The zero-order chi connectivity index (χ0) is 12.0. The van der Waals surface area contributed by atoms with Crippen molar-refractivity contribution in [3.63, 3.8) is 0 Å². The number of ether oxygens (including phenoxy) is 1. The fourth-order valence-electron chi connectivity index (χ4n) is 1.79. The third kappa shape index (κ3) is 4.77. The summed E-state index contributed by atoms with van der Waals surface area (Å²) >= 11 is 0. The Morgan fingerprint density at radius 2 is 2.06 bits per heavy atom. The molecule has 1 heterocycles. The number of aliphatic hydroxyl groups is 1. The number of hydrogen-bond donors (Lipinski definition) is 1. The smallest absolute Gasteiger partial charge is 0.333 e. The topological polar surface area (TPSA) is 49.8 Å². The first kappa shape index (κ1) is 13.2. The predicted octanol–water partition coefficient (Wildman–Crippen LogP) is 0.952. The number of aliphatic hydroxyl groups excluding tert-OH is 1. The second kappa shape index (κ2) is 6.66. The lowest BCUT2D eigenvalue weighted by atomic mass is 10.1. The molecule has 4 heteroatoms. The number of nitrogens with zero attached hydrogens (tertiary/aromatic N) is 1. The standard InChI is InChI=1S/C12H21NO3/c1-10(2)12(15)16-9-11(14)8-13-6-4-3-5-7-13/h11,14H,1,3-9H2,2H3. The van der Waals surface area contributed by atoms with Gasteiger partial charge in [-0.05, 0) is 32.9 Å². The summed E-state index contributed by atoms with van der Waals surface area (Å²) in [5.74, 6) is -0.433. The lowest BCUT2D eigenvalue weighted by Gasteiger charge is -2.28. The van der Waals surface area contributed by atoms with Crippen LogP contribution in [0.1, 0.15) is 26.2 Å². The number of β-amino-alcohol motifs (C(OH)–C–C–N with tert-alkyl or cyclic N) is 1. The average molecular weight is 227 g/mol. The van der Waals surface area contributed by atoms with Crippen molar-refractivity contribution in [3.8, 4) is 0 Å². The molecule has 0 spiro atoms. The Bertz CT molecular complexity index is 247. The van der Waals surface area contributed by atoms with Crippen LogP contribution < -0.4 is 0 Å². The van der Waals surface area contributed by atoms with Crippen molar-refractivity contribution < 1.29 is 14.6 Å². The molecule has 4 nitrogen and oxygen atoms in total. The molecule has 1 rings (SSSR count). The number of rotatable bonds is 5. The Labute approximate surface area is 96.9 Å². The van der Waals surface area contributed by atoms with E-state index in [1.54, 1.807) is 6.92 Å². The van der Waals surface area contributed by atoms with E-state index in [2.05, 4.69) is 11.5 Å². The highest BCUT2D eigenvalue weighted by molar-refractivity contribution is 5.86. The zero-order valence-corrected chi connectivity index (χ0v) is 9.95. The molecule has 1 atom stereocenters. The summed E-state index contributed by atoms with van der Waals surface area (Å²) in [6.07, 6.45) is 3.06. The highest BCUT2D eigenvalue weighted by Gasteiger charge is 2.15. The van der Waals surface area contributed by atoms with Crippen LogP contribution in [0.5, 0.6) is 0 Å². The van der Waals surface area contributed by atoms with Crippen molar-refractivity contribution in [2.75, 3.05) is 26.2 Å². The fourth-order valence-corrected chi connectivity index (χ4v) is 1.79. The van der Waals surface area contributed by atoms with Crippen LogP contribution in [-0.2, 0) is 9.53 Å². The quantitative estimate of drug-likeness (QED) is 0.561. The summed E-state index contributed by atoms with van der Waals surface area (Å²) < 4.78 is 4.89. The third-order valence-electron chi connectivity index (χ3n) is 2.67. The molecule has 0 aliphatic carbocycles. The molecule has 1 aliphatic rings. The third-order valence-corrected chi connectivity index (χ3v) is 2.67. The van der Waals surface area contributed by atoms with Crippen LogP contribution in [0.25, 0.3) is 0 Å². The molecular formula is C12H21NO3. The van der Waals surface area contributed by atoms with Gasteiger partial charge in [-0.25, -0.2) is 4.79 Å². The second-order valence-corrected chi connectivity index (χ2v) is 4.39. The molecule has 0 saturated carbocycles. The Balaban J connectivity index is 2.17. The fraction of sp³-hybridized carbons (Fsp3) is 0.750. The van der Waals surface area contributed by atoms with Crippen LogP contribution in [-0.4, -0.2) is 48.3 Å². The summed E-state index contributed by atoms with van der Waals surface area (Å²) in [6.45, 7) is 7.79. The van der Waals surface area contributed by atoms with Gasteiger partial charge in [-0.15, -0.1) is 0 Å². The lowest BCUT2D eigenvalue weighted by molar-refractivity contribution is -0.142. The van der Waals surface area contributed by atoms with Gasteiger partial charge < -0.3 is 14.7 Å². The van der Waals surface area contributed by atoms with E-state index in [9.17, 15) is 9.90 Å². The molecule has 16 heavy (non-hydrogen) atoms. The van der Waals surface area contributed by atoms with Gasteiger partial charge in [-0.2, -0.15) is 0 Å². The molecule has 0 radical (unpaired) electrons. The molecular weight excluding hydrogens is 206 g/mol.